The number of hydrazone groups is 1. The van der Waals surface area contributed by atoms with Gasteiger partial charge in [-0.15, -0.1) is 0 Å². The van der Waals surface area contributed by atoms with Crippen molar-refractivity contribution in [1.82, 2.24) is 14.5 Å². The van der Waals surface area contributed by atoms with Gasteiger partial charge in [0.2, 0.25) is 0 Å². The first kappa shape index (κ1) is 21.6. The molecule has 2 aromatic heterocycles. The van der Waals surface area contributed by atoms with Gasteiger partial charge in [-0.3, -0.25) is 5.43 Å². The largest absolute Gasteiger partial charge is 0.378 e. The fourth-order valence-corrected chi connectivity index (χ4v) is 4.31. The average molecular weight is 447 g/mol. The summed E-state index contributed by atoms with van der Waals surface area (Å²) in [5, 5.41) is 4.63. The molecule has 0 unspecified atom stereocenters. The highest BCUT2D eigenvalue weighted by molar-refractivity contribution is 5.99. The predicted molar refractivity (Wildman–Crippen MR) is 132 cm³/mol. The highest BCUT2D eigenvalue weighted by Crippen LogP contribution is 2.31. The number of morpholine rings is 1. The van der Waals surface area contributed by atoms with Crippen molar-refractivity contribution in [2.45, 2.75) is 20.3 Å². The van der Waals surface area contributed by atoms with Gasteiger partial charge in [0.15, 0.2) is 11.5 Å². The molecule has 1 saturated heterocycles. The maximum absolute atomic E-state index is 5.67. The van der Waals surface area contributed by atoms with Gasteiger partial charge in [0.1, 0.15) is 11.3 Å². The molecule has 33 heavy (non-hydrogen) atoms. The monoisotopic (exact) mass is 446 g/mol. The summed E-state index contributed by atoms with van der Waals surface area (Å²) in [4.78, 5) is 12.2. The molecule has 1 aromatic carbocycles. The third-order valence-electron chi connectivity index (χ3n) is 6.13. The Morgan fingerprint density at radius 1 is 1.09 bits per heavy atom. The number of pyridine rings is 1. The molecule has 8 nitrogen and oxygen atoms in total. The molecule has 2 aliphatic heterocycles. The zero-order valence-corrected chi connectivity index (χ0v) is 19.5. The van der Waals surface area contributed by atoms with E-state index >= 15 is 0 Å². The maximum Gasteiger partial charge on any atom is 0.164 e. The number of hydrogen-bond acceptors (Lipinski definition) is 7. The standard InChI is InChI=1S/C25H30N6O2/c1-17-6-4-7-19(14-17)18(2)28-29-22-15-21(31-9-12-32-13-10-31)23-25(26-22)30(3)24(27-23)20-8-5-11-33-16-20/h4,6-8,14-15H,5,9-13,16H2,1-3H3,(H,26,29)/b28-18+. The van der Waals surface area contributed by atoms with E-state index in [4.69, 9.17) is 19.4 Å². The molecule has 0 saturated carbocycles. The topological polar surface area (TPSA) is 76.8 Å². The summed E-state index contributed by atoms with van der Waals surface area (Å²) in [5.41, 5.74) is 10.3. The Balaban J connectivity index is 1.55. The minimum atomic E-state index is 0.579. The summed E-state index contributed by atoms with van der Waals surface area (Å²) in [5.74, 6) is 1.60. The summed E-state index contributed by atoms with van der Waals surface area (Å²) >= 11 is 0. The van der Waals surface area contributed by atoms with E-state index in [9.17, 15) is 0 Å². The van der Waals surface area contributed by atoms with Crippen LogP contribution in [0.3, 0.4) is 0 Å². The molecule has 2 aliphatic rings. The Hall–Kier alpha value is -3.23. The van der Waals surface area contributed by atoms with Crippen molar-refractivity contribution in [3.63, 3.8) is 0 Å². The maximum atomic E-state index is 5.67. The molecule has 0 bridgehead atoms. The van der Waals surface area contributed by atoms with E-state index < -0.39 is 0 Å². The van der Waals surface area contributed by atoms with Crippen molar-refractivity contribution in [3.8, 4) is 0 Å². The second kappa shape index (κ2) is 9.33. The van der Waals surface area contributed by atoms with Crippen LogP contribution in [0.15, 0.2) is 41.5 Å². The molecular formula is C25H30N6O2. The van der Waals surface area contributed by atoms with Crippen LogP contribution in [0.25, 0.3) is 16.7 Å². The Morgan fingerprint density at radius 2 is 1.94 bits per heavy atom. The minimum Gasteiger partial charge on any atom is -0.378 e. The lowest BCUT2D eigenvalue weighted by Gasteiger charge is -2.29. The van der Waals surface area contributed by atoms with Crippen LogP contribution in [-0.4, -0.2) is 59.8 Å². The molecule has 4 heterocycles. The van der Waals surface area contributed by atoms with Gasteiger partial charge < -0.3 is 18.9 Å². The van der Waals surface area contributed by atoms with Crippen LogP contribution in [0.5, 0.6) is 0 Å². The van der Waals surface area contributed by atoms with Crippen LogP contribution in [0.4, 0.5) is 11.5 Å². The first-order valence-corrected chi connectivity index (χ1v) is 11.4. The number of benzene rings is 1. The van der Waals surface area contributed by atoms with Crippen LogP contribution in [0.1, 0.15) is 30.3 Å². The summed E-state index contributed by atoms with van der Waals surface area (Å²) in [6.45, 7) is 8.48. The summed E-state index contributed by atoms with van der Waals surface area (Å²) in [6.07, 6.45) is 3.12. The molecule has 0 aliphatic carbocycles. The molecule has 0 amide bonds. The van der Waals surface area contributed by atoms with E-state index in [1.807, 2.05) is 26.1 Å². The van der Waals surface area contributed by atoms with E-state index in [1.165, 1.54) is 5.56 Å². The van der Waals surface area contributed by atoms with Crippen LogP contribution in [0, 0.1) is 6.92 Å². The highest BCUT2D eigenvalue weighted by Gasteiger charge is 2.22. The summed E-state index contributed by atoms with van der Waals surface area (Å²) < 4.78 is 13.3. The van der Waals surface area contributed by atoms with Crippen LogP contribution in [-0.2, 0) is 16.5 Å². The number of nitrogens with one attached hydrogen (secondary N) is 1. The predicted octanol–water partition coefficient (Wildman–Crippen LogP) is 3.75. The molecule has 1 fully saturated rings. The number of rotatable bonds is 5. The second-order valence-corrected chi connectivity index (χ2v) is 8.54. The number of hydrogen-bond donors (Lipinski definition) is 1. The van der Waals surface area contributed by atoms with Crippen molar-refractivity contribution < 1.29 is 9.47 Å². The van der Waals surface area contributed by atoms with Gasteiger partial charge in [-0.25, -0.2) is 9.97 Å². The number of aryl methyl sites for hydroxylation is 2. The van der Waals surface area contributed by atoms with Crippen molar-refractivity contribution in [3.05, 3.63) is 53.4 Å². The Bertz CT molecular complexity index is 1220. The first-order chi connectivity index (χ1) is 16.1. The van der Waals surface area contributed by atoms with Gasteiger partial charge in [0.25, 0.3) is 0 Å². The van der Waals surface area contributed by atoms with Crippen LogP contribution < -0.4 is 10.3 Å². The summed E-state index contributed by atoms with van der Waals surface area (Å²) in [7, 11) is 2.02. The number of fused-ring (bicyclic) bond motifs is 1. The quantitative estimate of drug-likeness (QED) is 0.475. The number of nitrogens with zero attached hydrogens (tertiary/aromatic N) is 5. The van der Waals surface area contributed by atoms with E-state index in [2.05, 4.69) is 51.2 Å². The molecule has 5 rings (SSSR count). The molecule has 0 atom stereocenters. The normalized spacial score (nSPS) is 17.4. The summed E-state index contributed by atoms with van der Waals surface area (Å²) in [6, 6.07) is 10.4. The lowest BCUT2D eigenvalue weighted by molar-refractivity contribution is 0.123. The van der Waals surface area contributed by atoms with Gasteiger partial charge in [-0.05, 0) is 25.8 Å². The molecular weight excluding hydrogens is 416 g/mol. The number of imidazole rings is 1. The van der Waals surface area contributed by atoms with E-state index in [0.717, 1.165) is 65.6 Å². The van der Waals surface area contributed by atoms with Crippen molar-refractivity contribution in [2.75, 3.05) is 49.8 Å². The van der Waals surface area contributed by atoms with Crippen molar-refractivity contribution in [2.24, 2.45) is 12.1 Å². The molecule has 172 valence electrons. The zero-order valence-electron chi connectivity index (χ0n) is 19.5. The van der Waals surface area contributed by atoms with Crippen molar-refractivity contribution >= 4 is 34.0 Å². The van der Waals surface area contributed by atoms with E-state index in [1.54, 1.807) is 0 Å². The first-order valence-electron chi connectivity index (χ1n) is 11.4. The fourth-order valence-electron chi connectivity index (χ4n) is 4.31. The second-order valence-electron chi connectivity index (χ2n) is 8.54. The Morgan fingerprint density at radius 3 is 2.70 bits per heavy atom. The smallest absolute Gasteiger partial charge is 0.164 e. The van der Waals surface area contributed by atoms with Crippen LogP contribution in [0.2, 0.25) is 0 Å². The fraction of sp³-hybridized carbons (Fsp3) is 0.400. The van der Waals surface area contributed by atoms with E-state index in [0.29, 0.717) is 25.6 Å². The van der Waals surface area contributed by atoms with Gasteiger partial charge in [-0.2, -0.15) is 5.10 Å². The third kappa shape index (κ3) is 4.49. The van der Waals surface area contributed by atoms with E-state index in [-0.39, 0.29) is 0 Å². The molecule has 8 heteroatoms. The van der Waals surface area contributed by atoms with Gasteiger partial charge in [-0.1, -0.05) is 35.9 Å². The number of ether oxygens (including phenoxy) is 2. The zero-order chi connectivity index (χ0) is 22.8. The highest BCUT2D eigenvalue weighted by atomic mass is 16.5. The Labute approximate surface area is 193 Å². The lowest BCUT2D eigenvalue weighted by atomic mass is 10.1. The van der Waals surface area contributed by atoms with Gasteiger partial charge >= 0.3 is 0 Å². The SMILES string of the molecule is C/C(=N\Nc1cc(N2CCOCC2)c2nc(C3=CCCOC3)n(C)c2n1)c1cccc(C)c1. The molecule has 0 radical (unpaired) electrons. The molecule has 0 spiro atoms. The van der Waals surface area contributed by atoms with Gasteiger partial charge in [0.05, 0.1) is 37.8 Å². The number of aromatic nitrogens is 3. The van der Waals surface area contributed by atoms with Crippen molar-refractivity contribution in [1.29, 1.82) is 0 Å². The number of anilines is 2. The molecule has 3 aromatic rings. The molecule has 1 N–H and O–H groups in total. The lowest BCUT2D eigenvalue weighted by Crippen LogP contribution is -2.36. The van der Waals surface area contributed by atoms with Crippen LogP contribution >= 0.6 is 0 Å². The Kier molecular flexibility index (Phi) is 6.11. The van der Waals surface area contributed by atoms with Gasteiger partial charge in [0, 0.05) is 31.8 Å². The minimum absolute atomic E-state index is 0.579. The average Bonchev–Trinajstić information content (AvgIpc) is 3.19. The third-order valence-corrected chi connectivity index (χ3v) is 6.13.